The zero-order chi connectivity index (χ0) is 17.5. The second-order valence-corrected chi connectivity index (χ2v) is 5.83. The largest absolute Gasteiger partial charge is 0.419 e. The number of halogens is 4. The van der Waals surface area contributed by atoms with E-state index in [4.69, 9.17) is 4.42 Å². The maximum absolute atomic E-state index is 13.2. The van der Waals surface area contributed by atoms with Crippen LogP contribution in [0.3, 0.4) is 0 Å². The monoisotopic (exact) mass is 358 g/mol. The Labute approximate surface area is 137 Å². The summed E-state index contributed by atoms with van der Waals surface area (Å²) >= 11 is 1.02. The average molecular weight is 358 g/mol. The van der Waals surface area contributed by atoms with E-state index in [9.17, 15) is 22.4 Å². The van der Waals surface area contributed by atoms with Gasteiger partial charge in [-0.1, -0.05) is 0 Å². The van der Waals surface area contributed by atoms with Gasteiger partial charge in [-0.15, -0.1) is 0 Å². The molecule has 0 fully saturated rings. The number of hydrogen-bond acceptors (Lipinski definition) is 4. The van der Waals surface area contributed by atoms with Gasteiger partial charge in [0, 0.05) is 17.6 Å². The fourth-order valence-corrected chi connectivity index (χ4v) is 2.77. The number of aromatic nitrogens is 1. The average Bonchev–Trinajstić information content (AvgIpc) is 2.79. The molecule has 0 atom stereocenters. The maximum atomic E-state index is 13.2. The molecule has 0 bridgehead atoms. The first-order chi connectivity index (χ1) is 11.3. The zero-order valence-corrected chi connectivity index (χ0v) is 13.0. The number of hydrogen-bond donors (Lipinski definition) is 1. The number of benzene rings is 2. The minimum atomic E-state index is -4.77. The molecule has 0 amide bonds. The standard InChI is InChI=1S/C15H10F4N2O2S/c1-21-12-5-3-9(7-13(12)23-14(21)22)24-20-8-2-4-11(16)10(6-8)15(17,18)19/h2-7,20H,1H3. The Morgan fingerprint density at radius 1 is 1.17 bits per heavy atom. The smallest absolute Gasteiger partial charge is 0.408 e. The van der Waals surface area contributed by atoms with E-state index < -0.39 is 23.3 Å². The zero-order valence-electron chi connectivity index (χ0n) is 12.1. The van der Waals surface area contributed by atoms with Crippen molar-refractivity contribution in [3.63, 3.8) is 0 Å². The number of nitrogens with zero attached hydrogens (tertiary/aromatic N) is 1. The Hall–Kier alpha value is -2.42. The van der Waals surface area contributed by atoms with Gasteiger partial charge < -0.3 is 9.14 Å². The molecule has 1 N–H and O–H groups in total. The van der Waals surface area contributed by atoms with Crippen LogP contribution in [0.25, 0.3) is 11.1 Å². The van der Waals surface area contributed by atoms with Crippen molar-refractivity contribution in [1.82, 2.24) is 4.57 Å². The van der Waals surface area contributed by atoms with E-state index in [0.29, 0.717) is 22.1 Å². The molecule has 0 aliphatic rings. The number of rotatable bonds is 3. The Morgan fingerprint density at radius 3 is 2.62 bits per heavy atom. The molecule has 4 nitrogen and oxygen atoms in total. The highest BCUT2D eigenvalue weighted by atomic mass is 32.2. The summed E-state index contributed by atoms with van der Waals surface area (Å²) in [4.78, 5) is 12.0. The van der Waals surface area contributed by atoms with Gasteiger partial charge in [-0.25, -0.2) is 9.18 Å². The van der Waals surface area contributed by atoms with Crippen LogP contribution < -0.4 is 10.5 Å². The molecule has 1 aromatic heterocycles. The van der Waals surface area contributed by atoms with Crippen LogP contribution in [0.5, 0.6) is 0 Å². The molecule has 0 unspecified atom stereocenters. The molecule has 24 heavy (non-hydrogen) atoms. The van der Waals surface area contributed by atoms with Gasteiger partial charge in [0.2, 0.25) is 0 Å². The minimum Gasteiger partial charge on any atom is -0.408 e. The number of aryl methyl sites for hydroxylation is 1. The predicted molar refractivity (Wildman–Crippen MR) is 82.3 cm³/mol. The Kier molecular flexibility index (Phi) is 4.04. The quantitative estimate of drug-likeness (QED) is 0.557. The summed E-state index contributed by atoms with van der Waals surface area (Å²) in [6.07, 6.45) is -4.77. The Balaban J connectivity index is 1.82. The fraction of sp³-hybridized carbons (Fsp3) is 0.133. The van der Waals surface area contributed by atoms with E-state index >= 15 is 0 Å². The van der Waals surface area contributed by atoms with Crippen molar-refractivity contribution in [3.8, 4) is 0 Å². The van der Waals surface area contributed by atoms with Crippen LogP contribution in [0.15, 0.2) is 50.5 Å². The summed E-state index contributed by atoms with van der Waals surface area (Å²) in [7, 11) is 1.57. The second kappa shape index (κ2) is 5.90. The molecule has 3 rings (SSSR count). The van der Waals surface area contributed by atoms with Gasteiger partial charge in [-0.3, -0.25) is 4.57 Å². The summed E-state index contributed by atoms with van der Waals surface area (Å²) in [5.41, 5.74) is -0.268. The highest BCUT2D eigenvalue weighted by molar-refractivity contribution is 8.00. The molecule has 2 aromatic carbocycles. The SMILES string of the molecule is Cn1c(=O)oc2cc(SNc3ccc(F)c(C(F)(F)F)c3)ccc21. The van der Waals surface area contributed by atoms with E-state index in [-0.39, 0.29) is 5.69 Å². The van der Waals surface area contributed by atoms with E-state index in [1.165, 1.54) is 10.6 Å². The predicted octanol–water partition coefficient (Wildman–Crippen LogP) is 4.41. The lowest BCUT2D eigenvalue weighted by Gasteiger charge is -2.11. The van der Waals surface area contributed by atoms with Gasteiger partial charge in [-0.2, -0.15) is 13.2 Å². The van der Waals surface area contributed by atoms with Gasteiger partial charge in [0.05, 0.1) is 11.1 Å². The number of alkyl halides is 3. The Morgan fingerprint density at radius 2 is 1.92 bits per heavy atom. The summed E-state index contributed by atoms with van der Waals surface area (Å²) < 4.78 is 60.4. The van der Waals surface area contributed by atoms with E-state index in [0.717, 1.165) is 18.0 Å². The summed E-state index contributed by atoms with van der Waals surface area (Å²) in [6, 6.07) is 7.59. The molecule has 9 heteroatoms. The third-order valence-electron chi connectivity index (χ3n) is 3.32. The highest BCUT2D eigenvalue weighted by Crippen LogP contribution is 2.34. The number of oxazole rings is 1. The summed E-state index contributed by atoms with van der Waals surface area (Å²) in [5.74, 6) is -1.83. The number of nitrogens with one attached hydrogen (secondary N) is 1. The number of anilines is 1. The van der Waals surface area contributed by atoms with E-state index in [1.54, 1.807) is 25.2 Å². The van der Waals surface area contributed by atoms with Crippen molar-refractivity contribution in [1.29, 1.82) is 0 Å². The number of fused-ring (bicyclic) bond motifs is 1. The van der Waals surface area contributed by atoms with E-state index in [2.05, 4.69) is 4.72 Å². The molecule has 0 spiro atoms. The van der Waals surface area contributed by atoms with Crippen molar-refractivity contribution in [2.24, 2.45) is 7.05 Å². The lowest BCUT2D eigenvalue weighted by Crippen LogP contribution is -2.08. The van der Waals surface area contributed by atoms with Crippen molar-refractivity contribution >= 4 is 28.7 Å². The summed E-state index contributed by atoms with van der Waals surface area (Å²) in [5, 5.41) is 0. The maximum Gasteiger partial charge on any atom is 0.419 e. The van der Waals surface area contributed by atoms with Gasteiger partial charge >= 0.3 is 11.9 Å². The molecule has 126 valence electrons. The summed E-state index contributed by atoms with van der Waals surface area (Å²) in [6.45, 7) is 0. The van der Waals surface area contributed by atoms with Gasteiger partial charge in [0.1, 0.15) is 5.82 Å². The van der Waals surface area contributed by atoms with Crippen LogP contribution in [0.1, 0.15) is 5.56 Å². The van der Waals surface area contributed by atoms with Crippen LogP contribution in [0, 0.1) is 5.82 Å². The molecule has 1 heterocycles. The second-order valence-electron chi connectivity index (χ2n) is 4.95. The van der Waals surface area contributed by atoms with Crippen molar-refractivity contribution in [2.45, 2.75) is 11.1 Å². The van der Waals surface area contributed by atoms with Gasteiger partial charge in [0.15, 0.2) is 5.58 Å². The van der Waals surface area contributed by atoms with Crippen LogP contribution in [-0.4, -0.2) is 4.57 Å². The van der Waals surface area contributed by atoms with E-state index in [1.807, 2.05) is 0 Å². The topological polar surface area (TPSA) is 47.2 Å². The molecular formula is C15H10F4N2O2S. The highest BCUT2D eigenvalue weighted by Gasteiger charge is 2.34. The van der Waals surface area contributed by atoms with Crippen molar-refractivity contribution in [2.75, 3.05) is 4.72 Å². The normalized spacial score (nSPS) is 11.9. The van der Waals surface area contributed by atoms with Crippen LogP contribution >= 0.6 is 11.9 Å². The molecule has 0 saturated carbocycles. The molecule has 0 aliphatic carbocycles. The molecule has 0 saturated heterocycles. The fourth-order valence-electron chi connectivity index (χ4n) is 2.10. The van der Waals surface area contributed by atoms with Crippen molar-refractivity contribution in [3.05, 3.63) is 58.3 Å². The first kappa shape index (κ1) is 16.4. The lowest BCUT2D eigenvalue weighted by atomic mass is 10.2. The van der Waals surface area contributed by atoms with Gasteiger partial charge in [-0.05, 0) is 48.3 Å². The molecular weight excluding hydrogens is 348 g/mol. The molecule has 0 aliphatic heterocycles. The minimum absolute atomic E-state index is 0.100. The van der Waals surface area contributed by atoms with Crippen LogP contribution in [-0.2, 0) is 13.2 Å². The first-order valence-electron chi connectivity index (χ1n) is 6.65. The first-order valence-corrected chi connectivity index (χ1v) is 7.46. The van der Waals surface area contributed by atoms with Crippen molar-refractivity contribution < 1.29 is 22.0 Å². The Bertz CT molecular complexity index is 962. The molecule has 3 aromatic rings. The van der Waals surface area contributed by atoms with Crippen LogP contribution in [0.4, 0.5) is 23.2 Å². The lowest BCUT2D eigenvalue weighted by molar-refractivity contribution is -0.139. The third kappa shape index (κ3) is 3.12. The molecule has 0 radical (unpaired) electrons. The van der Waals surface area contributed by atoms with Crippen LogP contribution in [0.2, 0.25) is 0 Å². The van der Waals surface area contributed by atoms with Gasteiger partial charge in [0.25, 0.3) is 0 Å². The third-order valence-corrected chi connectivity index (χ3v) is 4.15.